The van der Waals surface area contributed by atoms with E-state index in [2.05, 4.69) is 28.8 Å². The summed E-state index contributed by atoms with van der Waals surface area (Å²) in [7, 11) is 4.07. The van der Waals surface area contributed by atoms with Crippen LogP contribution in [0.4, 0.5) is 0 Å². The highest BCUT2D eigenvalue weighted by Crippen LogP contribution is 2.46. The molecule has 13 heavy (non-hydrogen) atoms. The van der Waals surface area contributed by atoms with E-state index in [-0.39, 0.29) is 0 Å². The van der Waals surface area contributed by atoms with Crippen molar-refractivity contribution < 1.29 is 0 Å². The lowest BCUT2D eigenvalue weighted by molar-refractivity contribution is 0.466. The summed E-state index contributed by atoms with van der Waals surface area (Å²) in [5.41, 5.74) is 0. The number of nitrogens with one attached hydrogen (secondary N) is 1. The predicted octanol–water partition coefficient (Wildman–Crippen LogP) is 1.34. The Labute approximate surface area is 79.2 Å². The van der Waals surface area contributed by atoms with Crippen molar-refractivity contribution in [1.29, 1.82) is 0 Å². The Morgan fingerprint density at radius 2 is 2.38 bits per heavy atom. The molecular weight excluding hydrogens is 162 g/mol. The number of hydrogen-bond donors (Lipinski definition) is 1. The summed E-state index contributed by atoms with van der Waals surface area (Å²) in [6.45, 7) is 2.30. The number of nitrogens with zero attached hydrogens (tertiary/aromatic N) is 2. The lowest BCUT2D eigenvalue weighted by Crippen LogP contribution is -2.22. The highest BCUT2D eigenvalue weighted by Gasteiger charge is 2.40. The fourth-order valence-electron chi connectivity index (χ4n) is 2.03. The Morgan fingerprint density at radius 3 is 2.77 bits per heavy atom. The van der Waals surface area contributed by atoms with Gasteiger partial charge in [-0.3, -0.25) is 0 Å². The third kappa shape index (κ3) is 1.48. The second kappa shape index (κ2) is 3.14. The third-order valence-corrected chi connectivity index (χ3v) is 3.05. The zero-order valence-corrected chi connectivity index (χ0v) is 8.49. The maximum absolute atomic E-state index is 4.38. The van der Waals surface area contributed by atoms with Crippen LogP contribution in [0.3, 0.4) is 0 Å². The van der Waals surface area contributed by atoms with Crippen LogP contribution in [-0.2, 0) is 7.05 Å². The zero-order valence-electron chi connectivity index (χ0n) is 8.49. The van der Waals surface area contributed by atoms with Gasteiger partial charge in [-0.1, -0.05) is 6.92 Å². The van der Waals surface area contributed by atoms with Gasteiger partial charge in [0.2, 0.25) is 0 Å². The molecule has 2 rings (SSSR count). The van der Waals surface area contributed by atoms with E-state index in [0.29, 0.717) is 6.04 Å². The summed E-state index contributed by atoms with van der Waals surface area (Å²) < 4.78 is 2.10. The van der Waals surface area contributed by atoms with Crippen molar-refractivity contribution in [3.8, 4) is 0 Å². The standard InChI is InChI=1S/C10H17N3/c1-7-6-8(7)9(11-2)10-12-4-5-13(10)3/h4-5,7-9,11H,6H2,1-3H3. The van der Waals surface area contributed by atoms with Crippen LogP contribution in [0.1, 0.15) is 25.2 Å². The van der Waals surface area contributed by atoms with Gasteiger partial charge in [0.15, 0.2) is 0 Å². The Bertz CT molecular complexity index is 292. The van der Waals surface area contributed by atoms with Crippen LogP contribution in [0.15, 0.2) is 12.4 Å². The van der Waals surface area contributed by atoms with Crippen molar-refractivity contribution in [3.05, 3.63) is 18.2 Å². The molecule has 3 heteroatoms. The van der Waals surface area contributed by atoms with Crippen LogP contribution < -0.4 is 5.32 Å². The average molecular weight is 179 g/mol. The highest BCUT2D eigenvalue weighted by atomic mass is 15.1. The highest BCUT2D eigenvalue weighted by molar-refractivity contribution is 5.06. The molecule has 1 heterocycles. The SMILES string of the molecule is CNC(c1nccn1C)C1CC1C. The van der Waals surface area contributed by atoms with E-state index < -0.39 is 0 Å². The number of rotatable bonds is 3. The summed E-state index contributed by atoms with van der Waals surface area (Å²) >= 11 is 0. The minimum Gasteiger partial charge on any atom is -0.337 e. The topological polar surface area (TPSA) is 29.9 Å². The predicted molar refractivity (Wildman–Crippen MR) is 52.3 cm³/mol. The van der Waals surface area contributed by atoms with E-state index in [1.165, 1.54) is 6.42 Å². The maximum atomic E-state index is 4.38. The van der Waals surface area contributed by atoms with Crippen LogP contribution >= 0.6 is 0 Å². The lowest BCUT2D eigenvalue weighted by atomic mass is 10.1. The minimum atomic E-state index is 0.440. The van der Waals surface area contributed by atoms with Crippen molar-refractivity contribution in [2.75, 3.05) is 7.05 Å². The second-order valence-corrected chi connectivity index (χ2v) is 4.04. The fraction of sp³-hybridized carbons (Fsp3) is 0.700. The Morgan fingerprint density at radius 1 is 1.69 bits per heavy atom. The lowest BCUT2D eigenvalue weighted by Gasteiger charge is -2.15. The van der Waals surface area contributed by atoms with E-state index >= 15 is 0 Å². The molecule has 3 atom stereocenters. The molecule has 1 N–H and O–H groups in total. The van der Waals surface area contributed by atoms with Crippen LogP contribution in [0.2, 0.25) is 0 Å². The molecule has 0 saturated heterocycles. The van der Waals surface area contributed by atoms with Gasteiger partial charge in [-0.25, -0.2) is 4.98 Å². The molecule has 1 fully saturated rings. The van der Waals surface area contributed by atoms with E-state index in [0.717, 1.165) is 17.7 Å². The smallest absolute Gasteiger partial charge is 0.125 e. The van der Waals surface area contributed by atoms with Gasteiger partial charge >= 0.3 is 0 Å². The van der Waals surface area contributed by atoms with Crippen LogP contribution in [0, 0.1) is 11.8 Å². The van der Waals surface area contributed by atoms with Crippen molar-refractivity contribution >= 4 is 0 Å². The Hall–Kier alpha value is -0.830. The first-order valence-electron chi connectivity index (χ1n) is 4.88. The molecule has 3 nitrogen and oxygen atoms in total. The van der Waals surface area contributed by atoms with E-state index in [1.54, 1.807) is 0 Å². The molecule has 1 saturated carbocycles. The molecular formula is C10H17N3. The zero-order chi connectivity index (χ0) is 9.42. The van der Waals surface area contributed by atoms with Crippen molar-refractivity contribution in [3.63, 3.8) is 0 Å². The fourth-order valence-corrected chi connectivity index (χ4v) is 2.03. The van der Waals surface area contributed by atoms with Crippen LogP contribution in [-0.4, -0.2) is 16.6 Å². The molecule has 0 amide bonds. The quantitative estimate of drug-likeness (QED) is 0.758. The van der Waals surface area contributed by atoms with Crippen molar-refractivity contribution in [2.24, 2.45) is 18.9 Å². The van der Waals surface area contributed by atoms with E-state index in [4.69, 9.17) is 0 Å². The van der Waals surface area contributed by atoms with Gasteiger partial charge < -0.3 is 9.88 Å². The van der Waals surface area contributed by atoms with Crippen molar-refractivity contribution in [2.45, 2.75) is 19.4 Å². The molecule has 0 aliphatic heterocycles. The van der Waals surface area contributed by atoms with Crippen molar-refractivity contribution in [1.82, 2.24) is 14.9 Å². The van der Waals surface area contributed by atoms with Crippen LogP contribution in [0.25, 0.3) is 0 Å². The van der Waals surface area contributed by atoms with Crippen LogP contribution in [0.5, 0.6) is 0 Å². The number of imidazole rings is 1. The second-order valence-electron chi connectivity index (χ2n) is 4.04. The first kappa shape index (κ1) is 8.75. The van der Waals surface area contributed by atoms with Gasteiger partial charge in [-0.15, -0.1) is 0 Å². The monoisotopic (exact) mass is 179 g/mol. The Balaban J connectivity index is 2.17. The summed E-state index contributed by atoms with van der Waals surface area (Å²) in [6, 6.07) is 0.440. The molecule has 0 radical (unpaired) electrons. The number of hydrogen-bond acceptors (Lipinski definition) is 2. The van der Waals surface area contributed by atoms with Gasteiger partial charge in [0.05, 0.1) is 6.04 Å². The van der Waals surface area contributed by atoms with Gasteiger partial charge in [-0.05, 0) is 25.3 Å². The number of aromatic nitrogens is 2. The maximum Gasteiger partial charge on any atom is 0.125 e. The Kier molecular flexibility index (Phi) is 2.12. The van der Waals surface area contributed by atoms with Gasteiger partial charge in [0, 0.05) is 19.4 Å². The summed E-state index contributed by atoms with van der Waals surface area (Å²) in [5, 5.41) is 3.35. The first-order chi connectivity index (χ1) is 6.24. The van der Waals surface area contributed by atoms with E-state index in [1.807, 2.05) is 19.4 Å². The molecule has 1 aromatic rings. The average Bonchev–Trinajstić information content (AvgIpc) is 2.65. The summed E-state index contributed by atoms with van der Waals surface area (Å²) in [5.74, 6) is 2.80. The largest absolute Gasteiger partial charge is 0.337 e. The molecule has 1 aliphatic rings. The molecule has 1 aromatic heterocycles. The molecule has 72 valence electrons. The molecule has 3 unspecified atom stereocenters. The molecule has 0 spiro atoms. The molecule has 0 bridgehead atoms. The minimum absolute atomic E-state index is 0.440. The number of aryl methyl sites for hydroxylation is 1. The first-order valence-corrected chi connectivity index (χ1v) is 4.88. The van der Waals surface area contributed by atoms with Gasteiger partial charge in [-0.2, -0.15) is 0 Å². The molecule has 0 aromatic carbocycles. The summed E-state index contributed by atoms with van der Waals surface area (Å²) in [6.07, 6.45) is 5.21. The molecule has 1 aliphatic carbocycles. The van der Waals surface area contributed by atoms with E-state index in [9.17, 15) is 0 Å². The summed E-state index contributed by atoms with van der Waals surface area (Å²) in [4.78, 5) is 4.38. The normalized spacial score (nSPS) is 28.8. The third-order valence-electron chi connectivity index (χ3n) is 3.05. The van der Waals surface area contributed by atoms with Gasteiger partial charge in [0.25, 0.3) is 0 Å². The van der Waals surface area contributed by atoms with Gasteiger partial charge in [0.1, 0.15) is 5.82 Å².